The molecule has 4 nitrogen and oxygen atoms in total. The van der Waals surface area contributed by atoms with Crippen molar-refractivity contribution in [2.75, 3.05) is 12.8 Å². The van der Waals surface area contributed by atoms with E-state index in [-0.39, 0.29) is 11.9 Å². The van der Waals surface area contributed by atoms with Gasteiger partial charge in [0.1, 0.15) is 5.75 Å². The molecule has 0 saturated heterocycles. The molecule has 0 bridgehead atoms. The number of ether oxygens (including phenoxy) is 1. The fourth-order valence-corrected chi connectivity index (χ4v) is 2.87. The fraction of sp³-hybridized carbons (Fsp3) is 0.214. The topological polar surface area (TPSA) is 64.3 Å². The lowest BCUT2D eigenvalue weighted by Gasteiger charge is -2.14. The minimum absolute atomic E-state index is 0.123. The number of halogens is 1. The van der Waals surface area contributed by atoms with Gasteiger partial charge in [-0.05, 0) is 31.2 Å². The molecule has 2 rings (SSSR count). The third kappa shape index (κ3) is 3.23. The smallest absolute Gasteiger partial charge is 0.255 e. The van der Waals surface area contributed by atoms with Gasteiger partial charge in [0, 0.05) is 16.6 Å². The number of nitrogens with two attached hydrogens (primary N) is 1. The maximum Gasteiger partial charge on any atom is 0.255 e. The van der Waals surface area contributed by atoms with Gasteiger partial charge in [0.15, 0.2) is 0 Å². The van der Waals surface area contributed by atoms with Crippen LogP contribution in [0.2, 0.25) is 4.34 Å². The number of thiophene rings is 1. The Morgan fingerprint density at radius 3 is 2.75 bits per heavy atom. The van der Waals surface area contributed by atoms with Crippen LogP contribution in [0.25, 0.3) is 0 Å². The highest BCUT2D eigenvalue weighted by molar-refractivity contribution is 7.16. The van der Waals surface area contributed by atoms with Crippen LogP contribution in [-0.2, 0) is 0 Å². The van der Waals surface area contributed by atoms with Gasteiger partial charge in [-0.2, -0.15) is 0 Å². The number of methoxy groups -OCH3 is 1. The number of carbonyl (C=O) groups excluding carboxylic acids is 1. The zero-order valence-corrected chi connectivity index (χ0v) is 12.7. The number of hydrogen-bond acceptors (Lipinski definition) is 4. The lowest BCUT2D eigenvalue weighted by Crippen LogP contribution is -2.26. The summed E-state index contributed by atoms with van der Waals surface area (Å²) in [5.74, 6) is 0.248. The van der Waals surface area contributed by atoms with Gasteiger partial charge in [0.25, 0.3) is 5.91 Å². The van der Waals surface area contributed by atoms with Crippen molar-refractivity contribution in [2.24, 2.45) is 0 Å². The van der Waals surface area contributed by atoms with Gasteiger partial charge in [-0.3, -0.25) is 4.79 Å². The highest BCUT2D eigenvalue weighted by Crippen LogP contribution is 2.27. The van der Waals surface area contributed by atoms with Crippen LogP contribution >= 0.6 is 22.9 Å². The molecule has 0 aliphatic rings. The van der Waals surface area contributed by atoms with Gasteiger partial charge >= 0.3 is 0 Å². The minimum atomic E-state index is -0.209. The van der Waals surface area contributed by atoms with Crippen molar-refractivity contribution < 1.29 is 9.53 Å². The first-order chi connectivity index (χ1) is 9.51. The highest BCUT2D eigenvalue weighted by atomic mass is 35.5. The number of anilines is 1. The van der Waals surface area contributed by atoms with Gasteiger partial charge < -0.3 is 15.8 Å². The minimum Gasteiger partial charge on any atom is -0.496 e. The molecule has 2 aromatic rings. The summed E-state index contributed by atoms with van der Waals surface area (Å²) >= 11 is 7.34. The van der Waals surface area contributed by atoms with Gasteiger partial charge in [0.2, 0.25) is 0 Å². The molecule has 0 spiro atoms. The van der Waals surface area contributed by atoms with E-state index in [0.717, 1.165) is 4.88 Å². The lowest BCUT2D eigenvalue weighted by molar-refractivity contribution is 0.0937. The molecule has 1 heterocycles. The Bertz CT molecular complexity index is 627. The van der Waals surface area contributed by atoms with E-state index in [0.29, 0.717) is 21.3 Å². The SMILES string of the molecule is COc1cc(N)ccc1C(=O)NC(C)c1ccc(Cl)s1. The lowest BCUT2D eigenvalue weighted by atomic mass is 10.1. The largest absolute Gasteiger partial charge is 0.496 e. The highest BCUT2D eigenvalue weighted by Gasteiger charge is 2.16. The third-order valence-corrected chi connectivity index (χ3v) is 4.25. The molecule has 106 valence electrons. The van der Waals surface area contributed by atoms with E-state index in [4.69, 9.17) is 22.1 Å². The Morgan fingerprint density at radius 2 is 2.15 bits per heavy atom. The second-order valence-corrected chi connectivity index (χ2v) is 6.04. The van der Waals surface area contributed by atoms with E-state index >= 15 is 0 Å². The average molecular weight is 311 g/mol. The number of nitrogens with one attached hydrogen (secondary N) is 1. The number of rotatable bonds is 4. The van der Waals surface area contributed by atoms with E-state index in [2.05, 4.69) is 5.32 Å². The molecule has 0 aliphatic heterocycles. The molecule has 1 amide bonds. The van der Waals surface area contributed by atoms with Crippen molar-refractivity contribution in [3.63, 3.8) is 0 Å². The maximum absolute atomic E-state index is 12.3. The standard InChI is InChI=1S/C14H15ClN2O2S/c1-8(12-5-6-13(15)20-12)17-14(18)10-4-3-9(16)7-11(10)19-2/h3-8H,16H2,1-2H3,(H,17,18). The Kier molecular flexibility index (Phi) is 4.52. The van der Waals surface area contributed by atoms with Crippen LogP contribution < -0.4 is 15.8 Å². The first-order valence-corrected chi connectivity index (χ1v) is 7.20. The summed E-state index contributed by atoms with van der Waals surface area (Å²) in [4.78, 5) is 13.3. The number of nitrogen functional groups attached to an aromatic ring is 1. The van der Waals surface area contributed by atoms with Crippen LogP contribution in [0.15, 0.2) is 30.3 Å². The average Bonchev–Trinajstić information content (AvgIpc) is 2.85. The predicted molar refractivity (Wildman–Crippen MR) is 82.6 cm³/mol. The first-order valence-electron chi connectivity index (χ1n) is 6.01. The van der Waals surface area contributed by atoms with Crippen LogP contribution in [0.4, 0.5) is 5.69 Å². The van der Waals surface area contributed by atoms with Crippen molar-refractivity contribution >= 4 is 34.5 Å². The molecule has 0 radical (unpaired) electrons. The summed E-state index contributed by atoms with van der Waals surface area (Å²) in [5.41, 5.74) is 6.68. The first kappa shape index (κ1) is 14.7. The Balaban J connectivity index is 2.16. The van der Waals surface area contributed by atoms with Crippen LogP contribution in [-0.4, -0.2) is 13.0 Å². The summed E-state index contributed by atoms with van der Waals surface area (Å²) in [6, 6.07) is 8.54. The molecule has 20 heavy (non-hydrogen) atoms. The molecule has 1 atom stereocenters. The number of amides is 1. The van der Waals surface area contributed by atoms with Crippen molar-refractivity contribution in [1.82, 2.24) is 5.32 Å². The van der Waals surface area contributed by atoms with Crippen LogP contribution in [0.1, 0.15) is 28.2 Å². The third-order valence-electron chi connectivity index (χ3n) is 2.84. The maximum atomic E-state index is 12.3. The van der Waals surface area contributed by atoms with Gasteiger partial charge in [-0.25, -0.2) is 0 Å². The predicted octanol–water partition coefficient (Wildman–Crippen LogP) is 3.48. The van der Waals surface area contributed by atoms with E-state index in [1.54, 1.807) is 18.2 Å². The molecule has 1 aromatic heterocycles. The Labute approximate surface area is 126 Å². The second kappa shape index (κ2) is 6.15. The van der Waals surface area contributed by atoms with Crippen molar-refractivity contribution in [3.8, 4) is 5.75 Å². The molecule has 6 heteroatoms. The molecule has 0 saturated carbocycles. The summed E-state index contributed by atoms with van der Waals surface area (Å²) in [5, 5.41) is 2.91. The monoisotopic (exact) mass is 310 g/mol. The molecular formula is C14H15ClN2O2S. The Morgan fingerprint density at radius 1 is 1.40 bits per heavy atom. The van der Waals surface area contributed by atoms with Crippen LogP contribution in [0.5, 0.6) is 5.75 Å². The van der Waals surface area contributed by atoms with Crippen molar-refractivity contribution in [1.29, 1.82) is 0 Å². The molecule has 0 fully saturated rings. The normalized spacial score (nSPS) is 11.9. The van der Waals surface area contributed by atoms with E-state index in [9.17, 15) is 4.79 Å². The van der Waals surface area contributed by atoms with Crippen LogP contribution in [0.3, 0.4) is 0 Å². The van der Waals surface area contributed by atoms with Crippen molar-refractivity contribution in [3.05, 3.63) is 45.1 Å². The van der Waals surface area contributed by atoms with E-state index in [1.165, 1.54) is 18.4 Å². The van der Waals surface area contributed by atoms with E-state index in [1.807, 2.05) is 19.1 Å². The summed E-state index contributed by atoms with van der Waals surface area (Å²) < 4.78 is 5.88. The fourth-order valence-electron chi connectivity index (χ4n) is 1.80. The Hall–Kier alpha value is -1.72. The molecule has 1 unspecified atom stereocenters. The summed E-state index contributed by atoms with van der Waals surface area (Å²) in [6.07, 6.45) is 0. The number of benzene rings is 1. The number of carbonyl (C=O) groups is 1. The molecule has 3 N–H and O–H groups in total. The van der Waals surface area contributed by atoms with Gasteiger partial charge in [-0.15, -0.1) is 11.3 Å². The molecule has 1 aromatic carbocycles. The summed E-state index contributed by atoms with van der Waals surface area (Å²) in [7, 11) is 1.51. The second-order valence-electron chi connectivity index (χ2n) is 4.30. The molecular weight excluding hydrogens is 296 g/mol. The van der Waals surface area contributed by atoms with Crippen molar-refractivity contribution in [2.45, 2.75) is 13.0 Å². The van der Waals surface area contributed by atoms with Gasteiger partial charge in [-0.1, -0.05) is 11.6 Å². The zero-order valence-electron chi connectivity index (χ0n) is 11.1. The quantitative estimate of drug-likeness (QED) is 0.850. The molecule has 0 aliphatic carbocycles. The number of hydrogen-bond donors (Lipinski definition) is 2. The van der Waals surface area contributed by atoms with Gasteiger partial charge in [0.05, 0.1) is 23.1 Å². The zero-order chi connectivity index (χ0) is 14.7. The van der Waals surface area contributed by atoms with Crippen LogP contribution in [0, 0.1) is 0 Å². The summed E-state index contributed by atoms with van der Waals surface area (Å²) in [6.45, 7) is 1.91. The van der Waals surface area contributed by atoms with E-state index < -0.39 is 0 Å².